The largest absolute Gasteiger partial charge is 0.452 e. The molecule has 0 saturated carbocycles. The van der Waals surface area contributed by atoms with Gasteiger partial charge in [-0.15, -0.1) is 0 Å². The Kier molecular flexibility index (Phi) is 5.57. The standard InChI is InChI=1S/C21H23N3O6S/c1-14-10-18(15(2)24(14)16-6-9-31(27,28)13-16)19(25)12-29-21(26)20-5-4-17(30-20)11-23-8-3-7-22-23/h3-5,7-8,10,16H,6,9,11-13H2,1-2H3. The van der Waals surface area contributed by atoms with Crippen LogP contribution in [0.15, 0.2) is 41.1 Å². The normalized spacial score (nSPS) is 17.7. The van der Waals surface area contributed by atoms with Gasteiger partial charge in [0.2, 0.25) is 11.5 Å². The molecule has 0 aromatic carbocycles. The van der Waals surface area contributed by atoms with E-state index in [1.807, 2.05) is 11.5 Å². The Morgan fingerprint density at radius 1 is 1.29 bits per heavy atom. The van der Waals surface area contributed by atoms with Crippen LogP contribution in [0.1, 0.15) is 50.5 Å². The number of carbonyl (C=O) groups is 2. The van der Waals surface area contributed by atoms with Gasteiger partial charge in [-0.1, -0.05) is 0 Å². The number of ether oxygens (including phenoxy) is 1. The number of aryl methyl sites for hydroxylation is 1. The number of hydrogen-bond acceptors (Lipinski definition) is 7. The van der Waals surface area contributed by atoms with Crippen LogP contribution in [0.3, 0.4) is 0 Å². The van der Waals surface area contributed by atoms with Gasteiger partial charge in [0, 0.05) is 35.4 Å². The number of carbonyl (C=O) groups excluding carboxylic acids is 2. The molecule has 0 spiro atoms. The van der Waals surface area contributed by atoms with Crippen molar-refractivity contribution in [1.29, 1.82) is 0 Å². The maximum atomic E-state index is 12.7. The first kappa shape index (κ1) is 21.1. The fourth-order valence-corrected chi connectivity index (χ4v) is 5.71. The van der Waals surface area contributed by atoms with Crippen LogP contribution in [0.25, 0.3) is 0 Å². The lowest BCUT2D eigenvalue weighted by Crippen LogP contribution is -2.16. The number of rotatable bonds is 7. The second-order valence-electron chi connectivity index (χ2n) is 7.68. The molecule has 10 heteroatoms. The van der Waals surface area contributed by atoms with Gasteiger partial charge < -0.3 is 13.7 Å². The van der Waals surface area contributed by atoms with Gasteiger partial charge in [-0.05, 0) is 44.5 Å². The number of aromatic nitrogens is 3. The molecular formula is C21H23N3O6S. The van der Waals surface area contributed by atoms with Crippen molar-refractivity contribution in [1.82, 2.24) is 14.3 Å². The molecule has 31 heavy (non-hydrogen) atoms. The highest BCUT2D eigenvalue weighted by atomic mass is 32.2. The third-order valence-electron chi connectivity index (χ3n) is 5.43. The van der Waals surface area contributed by atoms with Crippen molar-refractivity contribution in [3.05, 3.63) is 65.1 Å². The van der Waals surface area contributed by atoms with Gasteiger partial charge in [-0.25, -0.2) is 13.2 Å². The Morgan fingerprint density at radius 3 is 2.77 bits per heavy atom. The first-order chi connectivity index (χ1) is 14.7. The zero-order valence-corrected chi connectivity index (χ0v) is 18.1. The molecule has 164 valence electrons. The van der Waals surface area contributed by atoms with Crippen LogP contribution >= 0.6 is 0 Å². The van der Waals surface area contributed by atoms with Crippen LogP contribution in [0.5, 0.6) is 0 Å². The topological polar surface area (TPSA) is 113 Å². The summed E-state index contributed by atoms with van der Waals surface area (Å²) in [6.07, 6.45) is 3.95. The third kappa shape index (κ3) is 4.48. The summed E-state index contributed by atoms with van der Waals surface area (Å²) in [6, 6.07) is 6.48. The van der Waals surface area contributed by atoms with Crippen molar-refractivity contribution >= 4 is 21.6 Å². The van der Waals surface area contributed by atoms with Gasteiger partial charge in [0.1, 0.15) is 5.76 Å². The van der Waals surface area contributed by atoms with Crippen molar-refractivity contribution in [2.75, 3.05) is 18.1 Å². The summed E-state index contributed by atoms with van der Waals surface area (Å²) in [5.41, 5.74) is 1.91. The smallest absolute Gasteiger partial charge is 0.374 e. The lowest BCUT2D eigenvalue weighted by molar-refractivity contribution is 0.0442. The number of furan rings is 1. The molecule has 9 nitrogen and oxygen atoms in total. The number of nitrogens with zero attached hydrogens (tertiary/aromatic N) is 3. The molecular weight excluding hydrogens is 422 g/mol. The molecule has 0 bridgehead atoms. The molecule has 0 radical (unpaired) electrons. The van der Waals surface area contributed by atoms with Crippen molar-refractivity contribution in [3.8, 4) is 0 Å². The Labute approximate surface area is 179 Å². The Hall–Kier alpha value is -3.14. The molecule has 1 saturated heterocycles. The van der Waals surface area contributed by atoms with Crippen LogP contribution < -0.4 is 0 Å². The number of sulfone groups is 1. The number of Topliss-reactive ketones (excluding diaryl/α,β-unsaturated/α-hetero) is 1. The molecule has 4 rings (SSSR count). The second kappa shape index (κ2) is 8.18. The lowest BCUT2D eigenvalue weighted by Gasteiger charge is -2.16. The highest BCUT2D eigenvalue weighted by molar-refractivity contribution is 7.91. The van der Waals surface area contributed by atoms with Crippen LogP contribution in [-0.2, 0) is 21.1 Å². The minimum atomic E-state index is -3.05. The molecule has 1 aliphatic rings. The van der Waals surface area contributed by atoms with Gasteiger partial charge >= 0.3 is 5.97 Å². The van der Waals surface area contributed by atoms with Gasteiger partial charge in [-0.3, -0.25) is 9.48 Å². The molecule has 3 aromatic heterocycles. The van der Waals surface area contributed by atoms with E-state index in [0.717, 1.165) is 5.69 Å². The molecule has 4 heterocycles. The van der Waals surface area contributed by atoms with Crippen LogP contribution in [-0.4, -0.2) is 52.6 Å². The highest BCUT2D eigenvalue weighted by Gasteiger charge is 2.31. The third-order valence-corrected chi connectivity index (χ3v) is 7.18. The highest BCUT2D eigenvalue weighted by Crippen LogP contribution is 2.29. The lowest BCUT2D eigenvalue weighted by atomic mass is 10.1. The Morgan fingerprint density at radius 2 is 2.10 bits per heavy atom. The van der Waals surface area contributed by atoms with Crippen molar-refractivity contribution < 1.29 is 27.2 Å². The van der Waals surface area contributed by atoms with Crippen molar-refractivity contribution in [3.63, 3.8) is 0 Å². The Bertz CT molecular complexity index is 1220. The fraction of sp³-hybridized carbons (Fsp3) is 0.381. The zero-order valence-electron chi connectivity index (χ0n) is 17.3. The van der Waals surface area contributed by atoms with E-state index in [1.165, 1.54) is 6.07 Å². The molecule has 1 atom stereocenters. The predicted molar refractivity (Wildman–Crippen MR) is 111 cm³/mol. The molecule has 0 N–H and O–H groups in total. The van der Waals surface area contributed by atoms with E-state index in [0.29, 0.717) is 30.0 Å². The van der Waals surface area contributed by atoms with Crippen LogP contribution in [0, 0.1) is 13.8 Å². The molecule has 0 amide bonds. The van der Waals surface area contributed by atoms with Gasteiger partial charge in [0.15, 0.2) is 16.4 Å². The van der Waals surface area contributed by atoms with E-state index in [9.17, 15) is 18.0 Å². The zero-order chi connectivity index (χ0) is 22.2. The number of ketones is 1. The predicted octanol–water partition coefficient (Wildman–Crippen LogP) is 2.34. The van der Waals surface area contributed by atoms with E-state index in [2.05, 4.69) is 5.10 Å². The van der Waals surface area contributed by atoms with Gasteiger partial charge in [0.25, 0.3) is 0 Å². The van der Waals surface area contributed by atoms with Crippen LogP contribution in [0.4, 0.5) is 0 Å². The SMILES string of the molecule is Cc1cc(C(=O)COC(=O)c2ccc(Cn3cccn3)o2)c(C)n1C1CCS(=O)(=O)C1. The summed E-state index contributed by atoms with van der Waals surface area (Å²) in [6.45, 7) is 3.56. The maximum absolute atomic E-state index is 12.7. The summed E-state index contributed by atoms with van der Waals surface area (Å²) < 4.78 is 37.8. The van der Waals surface area contributed by atoms with Crippen molar-refractivity contribution in [2.24, 2.45) is 0 Å². The van der Waals surface area contributed by atoms with Gasteiger partial charge in [-0.2, -0.15) is 5.10 Å². The van der Waals surface area contributed by atoms with E-state index >= 15 is 0 Å². The molecule has 1 fully saturated rings. The average molecular weight is 445 g/mol. The maximum Gasteiger partial charge on any atom is 0.374 e. The van der Waals surface area contributed by atoms with Gasteiger partial charge in [0.05, 0.1) is 18.1 Å². The molecule has 1 unspecified atom stereocenters. The molecule has 1 aliphatic heterocycles. The Balaban J connectivity index is 1.39. The first-order valence-electron chi connectivity index (χ1n) is 9.89. The average Bonchev–Trinajstić information content (AvgIpc) is 3.49. The summed E-state index contributed by atoms with van der Waals surface area (Å²) in [4.78, 5) is 24.9. The second-order valence-corrected chi connectivity index (χ2v) is 9.91. The summed E-state index contributed by atoms with van der Waals surface area (Å²) >= 11 is 0. The summed E-state index contributed by atoms with van der Waals surface area (Å²) in [5.74, 6) is -0.298. The minimum absolute atomic E-state index is 0.0107. The van der Waals surface area contributed by atoms with E-state index in [-0.39, 0.29) is 29.1 Å². The van der Waals surface area contributed by atoms with E-state index < -0.39 is 22.4 Å². The number of esters is 1. The molecule has 3 aromatic rings. The van der Waals surface area contributed by atoms with Crippen LogP contribution in [0.2, 0.25) is 0 Å². The minimum Gasteiger partial charge on any atom is -0.452 e. The first-order valence-corrected chi connectivity index (χ1v) is 11.7. The monoisotopic (exact) mass is 445 g/mol. The fourth-order valence-electron chi connectivity index (χ4n) is 4.01. The van der Waals surface area contributed by atoms with E-state index in [4.69, 9.17) is 9.15 Å². The van der Waals surface area contributed by atoms with Crippen molar-refractivity contribution in [2.45, 2.75) is 32.9 Å². The molecule has 0 aliphatic carbocycles. The van der Waals surface area contributed by atoms with E-state index in [1.54, 1.807) is 42.2 Å². The summed E-state index contributed by atoms with van der Waals surface area (Å²) in [7, 11) is -3.05. The number of hydrogen-bond donors (Lipinski definition) is 0. The summed E-state index contributed by atoms with van der Waals surface area (Å²) in [5, 5.41) is 4.07. The quantitative estimate of drug-likeness (QED) is 0.405.